The Hall–Kier alpha value is -3.47. The average Bonchev–Trinajstić information content (AvgIpc) is 2.67. The van der Waals surface area contributed by atoms with E-state index in [-0.39, 0.29) is 11.8 Å². The van der Waals surface area contributed by atoms with Crippen LogP contribution in [-0.4, -0.2) is 34.6 Å². The molecule has 2 heterocycles. The number of aryl methyl sites for hydroxylation is 1. The van der Waals surface area contributed by atoms with Gasteiger partial charge in [0.05, 0.1) is 18.5 Å². The van der Waals surface area contributed by atoms with Gasteiger partial charge in [-0.1, -0.05) is 6.92 Å². The largest absolute Gasteiger partial charge is 0.439 e. The van der Waals surface area contributed by atoms with E-state index in [1.807, 2.05) is 6.92 Å². The minimum Gasteiger partial charge on any atom is -0.439 e. The zero-order chi connectivity index (χ0) is 20.9. The van der Waals surface area contributed by atoms with Gasteiger partial charge in [0.2, 0.25) is 27.8 Å². The highest BCUT2D eigenvalue weighted by atomic mass is 32.2. The van der Waals surface area contributed by atoms with Gasteiger partial charge in [0.15, 0.2) is 0 Å². The number of hydrogen-bond acceptors (Lipinski definition) is 9. The lowest BCUT2D eigenvalue weighted by Gasteiger charge is -2.09. The Labute approximate surface area is 168 Å². The summed E-state index contributed by atoms with van der Waals surface area (Å²) in [5, 5.41) is 3.07. The first-order chi connectivity index (χ1) is 13.8. The van der Waals surface area contributed by atoms with E-state index >= 15 is 0 Å². The number of rotatable bonds is 8. The lowest BCUT2D eigenvalue weighted by atomic mass is 10.3. The predicted octanol–water partition coefficient (Wildman–Crippen LogP) is 2.19. The fourth-order valence-electron chi connectivity index (χ4n) is 2.36. The van der Waals surface area contributed by atoms with Crippen LogP contribution in [0.15, 0.2) is 42.7 Å². The van der Waals surface area contributed by atoms with Crippen LogP contribution >= 0.6 is 0 Å². The van der Waals surface area contributed by atoms with E-state index in [1.165, 1.54) is 0 Å². The van der Waals surface area contributed by atoms with Crippen LogP contribution in [0.4, 0.5) is 17.6 Å². The van der Waals surface area contributed by atoms with Gasteiger partial charge in [0.1, 0.15) is 5.75 Å². The Kier molecular flexibility index (Phi) is 6.07. The number of nitrogen functional groups attached to an aromatic ring is 1. The quantitative estimate of drug-likeness (QED) is 0.504. The molecule has 4 N–H and O–H groups in total. The second kappa shape index (κ2) is 8.69. The van der Waals surface area contributed by atoms with E-state index in [1.54, 1.807) is 42.7 Å². The van der Waals surface area contributed by atoms with E-state index in [0.717, 1.165) is 18.2 Å². The molecule has 0 saturated heterocycles. The van der Waals surface area contributed by atoms with E-state index in [0.29, 0.717) is 29.6 Å². The van der Waals surface area contributed by atoms with Gasteiger partial charge < -0.3 is 15.8 Å². The SMILES string of the molecule is CCc1cnc(NCc2cc(Oc3ccc(NS(C)(=O)=O)cc3)nc(N)n2)nc1. The fraction of sp³-hybridized carbons (Fsp3) is 0.222. The molecule has 0 bridgehead atoms. The Balaban J connectivity index is 1.66. The molecular formula is C18H21N7O3S. The molecule has 1 aromatic carbocycles. The highest BCUT2D eigenvalue weighted by Gasteiger charge is 2.07. The fourth-order valence-corrected chi connectivity index (χ4v) is 2.92. The molecule has 0 saturated carbocycles. The molecule has 11 heteroatoms. The van der Waals surface area contributed by atoms with Crippen LogP contribution in [0, 0.1) is 0 Å². The lowest BCUT2D eigenvalue weighted by molar-refractivity contribution is 0.461. The maximum atomic E-state index is 11.3. The topological polar surface area (TPSA) is 145 Å². The number of aromatic nitrogens is 4. The highest BCUT2D eigenvalue weighted by Crippen LogP contribution is 2.23. The first-order valence-corrected chi connectivity index (χ1v) is 10.6. The third-order valence-electron chi connectivity index (χ3n) is 3.69. The molecule has 0 radical (unpaired) electrons. The molecule has 0 aliphatic rings. The minimum atomic E-state index is -3.34. The molecular weight excluding hydrogens is 394 g/mol. The number of nitrogens with one attached hydrogen (secondary N) is 2. The van der Waals surface area contributed by atoms with Crippen LogP contribution in [0.1, 0.15) is 18.2 Å². The van der Waals surface area contributed by atoms with Crippen molar-refractivity contribution < 1.29 is 13.2 Å². The van der Waals surface area contributed by atoms with Crippen molar-refractivity contribution in [1.82, 2.24) is 19.9 Å². The number of nitrogens with zero attached hydrogens (tertiary/aromatic N) is 4. The van der Waals surface area contributed by atoms with E-state index in [9.17, 15) is 8.42 Å². The molecule has 0 atom stereocenters. The number of anilines is 3. The number of hydrogen-bond donors (Lipinski definition) is 3. The van der Waals surface area contributed by atoms with Gasteiger partial charge in [-0.15, -0.1) is 0 Å². The maximum Gasteiger partial charge on any atom is 0.229 e. The molecule has 0 aliphatic carbocycles. The van der Waals surface area contributed by atoms with Gasteiger partial charge >= 0.3 is 0 Å². The van der Waals surface area contributed by atoms with Crippen LogP contribution in [0.5, 0.6) is 11.6 Å². The normalized spacial score (nSPS) is 11.1. The first-order valence-electron chi connectivity index (χ1n) is 8.74. The molecule has 2 aromatic heterocycles. The van der Waals surface area contributed by atoms with E-state index in [2.05, 4.69) is 30.0 Å². The summed E-state index contributed by atoms with van der Waals surface area (Å²) < 4.78 is 30.6. The van der Waals surface area contributed by atoms with Gasteiger partial charge in [-0.25, -0.2) is 23.4 Å². The van der Waals surface area contributed by atoms with Crippen molar-refractivity contribution in [3.05, 3.63) is 54.0 Å². The van der Waals surface area contributed by atoms with Gasteiger partial charge in [-0.3, -0.25) is 4.72 Å². The Morgan fingerprint density at radius 1 is 1.10 bits per heavy atom. The lowest BCUT2D eigenvalue weighted by Crippen LogP contribution is -2.09. The summed E-state index contributed by atoms with van der Waals surface area (Å²) in [6.45, 7) is 2.37. The van der Waals surface area contributed by atoms with Gasteiger partial charge in [-0.2, -0.15) is 4.98 Å². The van der Waals surface area contributed by atoms with Crippen molar-refractivity contribution in [1.29, 1.82) is 0 Å². The number of benzene rings is 1. The molecule has 3 rings (SSSR count). The highest BCUT2D eigenvalue weighted by molar-refractivity contribution is 7.92. The second-order valence-corrected chi connectivity index (χ2v) is 7.93. The van der Waals surface area contributed by atoms with Gasteiger partial charge in [0.25, 0.3) is 0 Å². The monoisotopic (exact) mass is 415 g/mol. The molecule has 0 aliphatic heterocycles. The Bertz CT molecular complexity index is 1070. The smallest absolute Gasteiger partial charge is 0.229 e. The molecule has 0 fully saturated rings. The van der Waals surface area contributed by atoms with Crippen molar-refractivity contribution in [2.75, 3.05) is 22.0 Å². The van der Waals surface area contributed by atoms with Crippen molar-refractivity contribution in [2.45, 2.75) is 19.9 Å². The first kappa shape index (κ1) is 20.3. The summed E-state index contributed by atoms with van der Waals surface area (Å²) in [4.78, 5) is 16.7. The molecule has 0 amide bonds. The van der Waals surface area contributed by atoms with Crippen molar-refractivity contribution in [2.24, 2.45) is 0 Å². The predicted molar refractivity (Wildman–Crippen MR) is 110 cm³/mol. The summed E-state index contributed by atoms with van der Waals surface area (Å²) in [7, 11) is -3.34. The summed E-state index contributed by atoms with van der Waals surface area (Å²) in [6.07, 6.45) is 5.48. The molecule has 10 nitrogen and oxygen atoms in total. The number of sulfonamides is 1. The van der Waals surface area contributed by atoms with Crippen LogP contribution in [0.3, 0.4) is 0 Å². The van der Waals surface area contributed by atoms with Gasteiger partial charge in [0, 0.05) is 24.1 Å². The third kappa shape index (κ3) is 6.28. The van der Waals surface area contributed by atoms with Crippen LogP contribution < -0.4 is 20.5 Å². The van der Waals surface area contributed by atoms with E-state index in [4.69, 9.17) is 10.5 Å². The van der Waals surface area contributed by atoms with Gasteiger partial charge in [-0.05, 0) is 36.2 Å². The summed E-state index contributed by atoms with van der Waals surface area (Å²) >= 11 is 0. The minimum absolute atomic E-state index is 0.0666. The molecule has 3 aromatic rings. The van der Waals surface area contributed by atoms with Crippen LogP contribution in [0.2, 0.25) is 0 Å². The Morgan fingerprint density at radius 2 is 1.79 bits per heavy atom. The van der Waals surface area contributed by atoms with Crippen molar-refractivity contribution in [3.8, 4) is 11.6 Å². The summed E-state index contributed by atoms with van der Waals surface area (Å²) in [5.41, 5.74) is 7.86. The molecule has 29 heavy (non-hydrogen) atoms. The summed E-state index contributed by atoms with van der Waals surface area (Å²) in [5.74, 6) is 1.28. The summed E-state index contributed by atoms with van der Waals surface area (Å²) in [6, 6.07) is 8.05. The molecule has 0 unspecified atom stereocenters. The Morgan fingerprint density at radius 3 is 2.41 bits per heavy atom. The van der Waals surface area contributed by atoms with E-state index < -0.39 is 10.0 Å². The van der Waals surface area contributed by atoms with Crippen LogP contribution in [0.25, 0.3) is 0 Å². The average molecular weight is 415 g/mol. The zero-order valence-electron chi connectivity index (χ0n) is 16.0. The number of nitrogens with two attached hydrogens (primary N) is 1. The zero-order valence-corrected chi connectivity index (χ0v) is 16.8. The second-order valence-electron chi connectivity index (χ2n) is 6.18. The van der Waals surface area contributed by atoms with Crippen molar-refractivity contribution in [3.63, 3.8) is 0 Å². The van der Waals surface area contributed by atoms with Crippen LogP contribution in [-0.2, 0) is 23.0 Å². The standard InChI is InChI=1S/C18H21N7O3S/c1-3-12-9-20-18(21-10-12)22-11-14-8-16(24-17(19)23-14)28-15-6-4-13(5-7-15)25-29(2,26)27/h4-10,25H,3,11H2,1-2H3,(H2,19,23,24)(H,20,21,22). The number of ether oxygens (including phenoxy) is 1. The maximum absolute atomic E-state index is 11.3. The molecule has 152 valence electrons. The third-order valence-corrected chi connectivity index (χ3v) is 4.30. The van der Waals surface area contributed by atoms with Crippen molar-refractivity contribution >= 4 is 27.6 Å². The molecule has 0 spiro atoms.